The molecule has 26 heavy (non-hydrogen) atoms. The van der Waals surface area contributed by atoms with Crippen molar-refractivity contribution in [3.8, 4) is 0 Å². The maximum absolute atomic E-state index is 13.0. The van der Waals surface area contributed by atoms with Crippen molar-refractivity contribution in [1.82, 2.24) is 9.97 Å². The van der Waals surface area contributed by atoms with Crippen LogP contribution in [-0.4, -0.2) is 29.0 Å². The lowest BCUT2D eigenvalue weighted by molar-refractivity contribution is -0.120. The number of amides is 1. The van der Waals surface area contributed by atoms with E-state index in [4.69, 9.17) is 0 Å². The number of hydrogen-bond acceptors (Lipinski definition) is 4. The van der Waals surface area contributed by atoms with Crippen LogP contribution in [0.5, 0.6) is 0 Å². The number of benzene rings is 1. The van der Waals surface area contributed by atoms with Gasteiger partial charge >= 0.3 is 0 Å². The largest absolute Gasteiger partial charge is 0.340 e. The third kappa shape index (κ3) is 4.03. The summed E-state index contributed by atoms with van der Waals surface area (Å²) < 4.78 is 0. The molecule has 0 bridgehead atoms. The van der Waals surface area contributed by atoms with E-state index in [-0.39, 0.29) is 11.8 Å². The molecule has 1 aliphatic heterocycles. The molecule has 0 saturated carbocycles. The van der Waals surface area contributed by atoms with Crippen molar-refractivity contribution >= 4 is 17.5 Å². The summed E-state index contributed by atoms with van der Waals surface area (Å²) in [5.41, 5.74) is 4.36. The van der Waals surface area contributed by atoms with Gasteiger partial charge in [-0.2, -0.15) is 0 Å². The number of rotatable bonds is 5. The van der Waals surface area contributed by atoms with E-state index >= 15 is 0 Å². The van der Waals surface area contributed by atoms with Crippen LogP contribution in [0.2, 0.25) is 0 Å². The number of nitrogens with one attached hydrogen (secondary N) is 1. The summed E-state index contributed by atoms with van der Waals surface area (Å²) in [7, 11) is 0. The molecule has 2 heterocycles. The van der Waals surface area contributed by atoms with Crippen LogP contribution in [0.25, 0.3) is 0 Å². The third-order valence-electron chi connectivity index (χ3n) is 5.10. The summed E-state index contributed by atoms with van der Waals surface area (Å²) in [6.07, 6.45) is 5.50. The van der Waals surface area contributed by atoms with Crippen molar-refractivity contribution in [2.75, 3.05) is 23.3 Å². The summed E-state index contributed by atoms with van der Waals surface area (Å²) in [6, 6.07) is 8.17. The average molecular weight is 352 g/mol. The smallest absolute Gasteiger partial charge is 0.229 e. The van der Waals surface area contributed by atoms with E-state index in [0.717, 1.165) is 49.6 Å². The fourth-order valence-electron chi connectivity index (χ4n) is 3.59. The van der Waals surface area contributed by atoms with E-state index in [1.165, 1.54) is 11.1 Å². The van der Waals surface area contributed by atoms with E-state index in [1.54, 1.807) is 6.20 Å². The Bertz CT molecular complexity index is 752. The molecule has 1 aliphatic rings. The summed E-state index contributed by atoms with van der Waals surface area (Å²) in [5.74, 6) is 0.797. The zero-order valence-corrected chi connectivity index (χ0v) is 16.0. The SMILES string of the molecule is CCc1cccc(CC)c1NC(=O)[C@@H]1CCCN(c2nccc(C)n2)C1. The Balaban J connectivity index is 1.74. The minimum absolute atomic E-state index is 0.0394. The Hall–Kier alpha value is -2.43. The van der Waals surface area contributed by atoms with Crippen molar-refractivity contribution in [3.63, 3.8) is 0 Å². The molecule has 0 radical (unpaired) electrons. The van der Waals surface area contributed by atoms with Gasteiger partial charge in [0, 0.05) is 30.7 Å². The molecule has 0 unspecified atom stereocenters. The van der Waals surface area contributed by atoms with Crippen LogP contribution >= 0.6 is 0 Å². The number of aromatic nitrogens is 2. The summed E-state index contributed by atoms with van der Waals surface area (Å²) in [6.45, 7) is 7.79. The molecule has 1 fully saturated rings. The highest BCUT2D eigenvalue weighted by Gasteiger charge is 2.28. The number of carbonyl (C=O) groups is 1. The molecular weight excluding hydrogens is 324 g/mol. The molecule has 0 aliphatic carbocycles. The van der Waals surface area contributed by atoms with E-state index in [1.807, 2.05) is 13.0 Å². The predicted octanol–water partition coefficient (Wildman–Crippen LogP) is 3.76. The second-order valence-electron chi connectivity index (χ2n) is 6.93. The van der Waals surface area contributed by atoms with Gasteiger partial charge in [-0.15, -0.1) is 0 Å². The number of aryl methyl sites for hydroxylation is 3. The van der Waals surface area contributed by atoms with Crippen molar-refractivity contribution in [1.29, 1.82) is 0 Å². The van der Waals surface area contributed by atoms with Gasteiger partial charge in [0.2, 0.25) is 11.9 Å². The number of anilines is 2. The summed E-state index contributed by atoms with van der Waals surface area (Å²) in [5, 5.41) is 3.23. The van der Waals surface area contributed by atoms with E-state index in [0.29, 0.717) is 6.54 Å². The monoisotopic (exact) mass is 352 g/mol. The Morgan fingerprint density at radius 2 is 1.96 bits per heavy atom. The van der Waals surface area contributed by atoms with E-state index in [2.05, 4.69) is 52.2 Å². The molecule has 3 rings (SSSR count). The maximum Gasteiger partial charge on any atom is 0.229 e. The molecule has 5 heteroatoms. The topological polar surface area (TPSA) is 58.1 Å². The Morgan fingerprint density at radius 1 is 1.23 bits per heavy atom. The van der Waals surface area contributed by atoms with Gasteiger partial charge in [-0.25, -0.2) is 9.97 Å². The first kappa shape index (κ1) is 18.4. The molecule has 5 nitrogen and oxygen atoms in total. The zero-order chi connectivity index (χ0) is 18.5. The van der Waals surface area contributed by atoms with Crippen LogP contribution in [0.3, 0.4) is 0 Å². The van der Waals surface area contributed by atoms with Crippen molar-refractivity contribution in [2.24, 2.45) is 5.92 Å². The van der Waals surface area contributed by atoms with Crippen molar-refractivity contribution in [3.05, 3.63) is 47.3 Å². The molecule has 1 aromatic heterocycles. The quantitative estimate of drug-likeness (QED) is 0.890. The second-order valence-corrected chi connectivity index (χ2v) is 6.93. The lowest BCUT2D eigenvalue weighted by Crippen LogP contribution is -2.41. The van der Waals surface area contributed by atoms with E-state index < -0.39 is 0 Å². The molecule has 1 amide bonds. The van der Waals surface area contributed by atoms with Gasteiger partial charge in [0.25, 0.3) is 0 Å². The van der Waals surface area contributed by atoms with Crippen LogP contribution in [-0.2, 0) is 17.6 Å². The van der Waals surface area contributed by atoms with Crippen LogP contribution in [0.4, 0.5) is 11.6 Å². The summed E-state index contributed by atoms with van der Waals surface area (Å²) in [4.78, 5) is 24.0. The van der Waals surface area contributed by atoms with Gasteiger partial charge < -0.3 is 10.2 Å². The minimum Gasteiger partial charge on any atom is -0.340 e. The lowest BCUT2D eigenvalue weighted by Gasteiger charge is -2.32. The van der Waals surface area contributed by atoms with Crippen molar-refractivity contribution < 1.29 is 4.79 Å². The highest BCUT2D eigenvalue weighted by Crippen LogP contribution is 2.26. The van der Waals surface area contributed by atoms with Gasteiger partial charge in [-0.1, -0.05) is 32.0 Å². The van der Waals surface area contributed by atoms with Gasteiger partial charge in [0.05, 0.1) is 5.92 Å². The van der Waals surface area contributed by atoms with Crippen LogP contribution in [0.15, 0.2) is 30.5 Å². The third-order valence-corrected chi connectivity index (χ3v) is 5.10. The Labute approximate surface area is 155 Å². The lowest BCUT2D eigenvalue weighted by atomic mass is 9.96. The average Bonchev–Trinajstić information content (AvgIpc) is 2.68. The number of piperidine rings is 1. The Morgan fingerprint density at radius 3 is 2.62 bits per heavy atom. The molecule has 138 valence electrons. The zero-order valence-electron chi connectivity index (χ0n) is 16.0. The fourth-order valence-corrected chi connectivity index (χ4v) is 3.59. The Kier molecular flexibility index (Phi) is 5.86. The fraction of sp³-hybridized carbons (Fsp3) is 0.476. The highest BCUT2D eigenvalue weighted by molar-refractivity contribution is 5.94. The molecule has 1 atom stereocenters. The van der Waals surface area contributed by atoms with Crippen molar-refractivity contribution in [2.45, 2.75) is 46.5 Å². The van der Waals surface area contributed by atoms with Crippen LogP contribution in [0, 0.1) is 12.8 Å². The van der Waals surface area contributed by atoms with Crippen LogP contribution in [0.1, 0.15) is 43.5 Å². The minimum atomic E-state index is -0.0394. The summed E-state index contributed by atoms with van der Waals surface area (Å²) >= 11 is 0. The number of carbonyl (C=O) groups excluding carboxylic acids is 1. The maximum atomic E-state index is 13.0. The first-order valence-corrected chi connectivity index (χ1v) is 9.58. The normalized spacial score (nSPS) is 17.2. The molecule has 1 saturated heterocycles. The highest BCUT2D eigenvalue weighted by atomic mass is 16.1. The molecule has 0 spiro atoms. The molecule has 1 aromatic carbocycles. The standard InChI is InChI=1S/C21H28N4O/c1-4-16-8-6-9-17(5-2)19(16)24-20(26)18-10-7-13-25(14-18)21-22-12-11-15(3)23-21/h6,8-9,11-12,18H,4-5,7,10,13-14H2,1-3H3,(H,24,26)/t18-/m1/s1. The molecular formula is C21H28N4O. The first-order chi connectivity index (χ1) is 12.6. The number of nitrogens with zero attached hydrogens (tertiary/aromatic N) is 3. The predicted molar refractivity (Wildman–Crippen MR) is 106 cm³/mol. The van der Waals surface area contributed by atoms with Gasteiger partial charge in [0.15, 0.2) is 0 Å². The molecule has 1 N–H and O–H groups in total. The number of hydrogen-bond donors (Lipinski definition) is 1. The van der Waals surface area contributed by atoms with Gasteiger partial charge in [-0.3, -0.25) is 4.79 Å². The first-order valence-electron chi connectivity index (χ1n) is 9.58. The van der Waals surface area contributed by atoms with Gasteiger partial charge in [-0.05, 0) is 49.8 Å². The van der Waals surface area contributed by atoms with Gasteiger partial charge in [0.1, 0.15) is 0 Å². The second kappa shape index (κ2) is 8.30. The number of para-hydroxylation sites is 1. The molecule has 2 aromatic rings. The van der Waals surface area contributed by atoms with Crippen LogP contribution < -0.4 is 10.2 Å². The van der Waals surface area contributed by atoms with E-state index in [9.17, 15) is 4.79 Å².